The Hall–Kier alpha value is -8.86. The first kappa shape index (κ1) is 41.3. The van der Waals surface area contributed by atoms with Gasteiger partial charge in [-0.1, -0.05) is 133 Å². The number of fused-ring (bicyclic) bond motifs is 9. The smallest absolute Gasteiger partial charge is 0.147 e. The lowest BCUT2D eigenvalue weighted by molar-refractivity contribution is 0.663. The van der Waals surface area contributed by atoms with Gasteiger partial charge in [0.2, 0.25) is 0 Å². The normalized spacial score (nSPS) is 11.7. The monoisotopic (exact) mass is 900 g/mol. The van der Waals surface area contributed by atoms with E-state index < -0.39 is 0 Å². The number of benzene rings is 11. The average Bonchev–Trinajstić information content (AvgIpc) is 3.94. The number of hydrogen-bond acceptors (Lipinski definition) is 4. The van der Waals surface area contributed by atoms with Gasteiger partial charge in [-0.3, -0.25) is 0 Å². The molecule has 2 heterocycles. The molecule has 0 saturated heterocycles. The summed E-state index contributed by atoms with van der Waals surface area (Å²) in [6.45, 7) is 8.79. The molecule has 0 atom stereocenters. The van der Waals surface area contributed by atoms with Crippen LogP contribution >= 0.6 is 0 Å². The second kappa shape index (κ2) is 16.4. The summed E-state index contributed by atoms with van der Waals surface area (Å²) in [5.41, 5.74) is 19.6. The summed E-state index contributed by atoms with van der Waals surface area (Å²) in [5.74, 6) is 0. The molecule has 0 unspecified atom stereocenters. The van der Waals surface area contributed by atoms with Crippen LogP contribution in [-0.4, -0.2) is 0 Å². The topological polar surface area (TPSA) is 32.8 Å². The van der Waals surface area contributed by atoms with E-state index in [0.29, 0.717) is 0 Å². The summed E-state index contributed by atoms with van der Waals surface area (Å²) in [6, 6.07) is 78.7. The van der Waals surface area contributed by atoms with Crippen molar-refractivity contribution < 1.29 is 8.83 Å². The fourth-order valence-electron chi connectivity index (χ4n) is 10.9. The van der Waals surface area contributed by atoms with E-state index in [2.05, 4.69) is 256 Å². The molecular weight excluding hydrogens is 853 g/mol. The molecule has 70 heavy (non-hydrogen) atoms. The van der Waals surface area contributed by atoms with Crippen molar-refractivity contribution >= 4 is 99.5 Å². The van der Waals surface area contributed by atoms with Crippen LogP contribution in [-0.2, 0) is 0 Å². The van der Waals surface area contributed by atoms with Crippen molar-refractivity contribution in [1.82, 2.24) is 0 Å². The van der Waals surface area contributed by atoms with Crippen molar-refractivity contribution in [2.75, 3.05) is 9.80 Å². The highest BCUT2D eigenvalue weighted by molar-refractivity contribution is 6.24. The minimum atomic E-state index is 0.806. The van der Waals surface area contributed by atoms with Crippen LogP contribution in [0.25, 0.3) is 87.7 Å². The maximum Gasteiger partial charge on any atom is 0.147 e. The Morgan fingerprint density at radius 1 is 0.286 bits per heavy atom. The molecule has 0 aliphatic carbocycles. The summed E-state index contributed by atoms with van der Waals surface area (Å²) in [5, 5.41) is 8.68. The van der Waals surface area contributed by atoms with Crippen LogP contribution in [0.15, 0.2) is 227 Å². The van der Waals surface area contributed by atoms with Crippen molar-refractivity contribution in [2.24, 2.45) is 0 Å². The van der Waals surface area contributed by atoms with E-state index in [1.807, 2.05) is 0 Å². The Morgan fingerprint density at radius 2 is 0.729 bits per heavy atom. The maximum absolute atomic E-state index is 6.96. The Morgan fingerprint density at radius 3 is 1.24 bits per heavy atom. The third kappa shape index (κ3) is 6.91. The Kier molecular flexibility index (Phi) is 9.70. The summed E-state index contributed by atoms with van der Waals surface area (Å²) in [4.78, 5) is 4.80. The van der Waals surface area contributed by atoms with Crippen LogP contribution < -0.4 is 9.80 Å². The molecule has 0 N–H and O–H groups in total. The van der Waals surface area contributed by atoms with Crippen molar-refractivity contribution in [1.29, 1.82) is 0 Å². The van der Waals surface area contributed by atoms with Gasteiger partial charge in [-0.25, -0.2) is 0 Å². The molecule has 11 aromatic carbocycles. The van der Waals surface area contributed by atoms with Crippen molar-refractivity contribution in [3.63, 3.8) is 0 Å². The average molecular weight is 901 g/mol. The predicted octanol–water partition coefficient (Wildman–Crippen LogP) is 19.3. The van der Waals surface area contributed by atoms with Crippen LogP contribution in [0.1, 0.15) is 22.3 Å². The minimum Gasteiger partial charge on any atom is -0.456 e. The number of rotatable bonds is 8. The van der Waals surface area contributed by atoms with E-state index in [0.717, 1.165) is 88.2 Å². The highest BCUT2D eigenvalue weighted by Crippen LogP contribution is 2.46. The summed E-state index contributed by atoms with van der Waals surface area (Å²) in [7, 11) is 0. The molecule has 0 amide bonds. The van der Waals surface area contributed by atoms with Crippen LogP contribution in [0.2, 0.25) is 0 Å². The van der Waals surface area contributed by atoms with E-state index in [1.165, 1.54) is 55.9 Å². The van der Waals surface area contributed by atoms with E-state index in [4.69, 9.17) is 8.83 Å². The van der Waals surface area contributed by atoms with E-state index in [9.17, 15) is 0 Å². The quantitative estimate of drug-likeness (QED) is 0.152. The lowest BCUT2D eigenvalue weighted by Gasteiger charge is -2.29. The molecule has 4 heteroatoms. The molecule has 0 fully saturated rings. The fourth-order valence-corrected chi connectivity index (χ4v) is 10.9. The van der Waals surface area contributed by atoms with Crippen molar-refractivity contribution in [3.8, 4) is 22.3 Å². The molecule has 13 rings (SSSR count). The number of para-hydroxylation sites is 2. The molecule has 0 bridgehead atoms. The number of hydrogen-bond donors (Lipinski definition) is 0. The molecule has 0 radical (unpaired) electrons. The highest BCUT2D eigenvalue weighted by atomic mass is 16.3. The van der Waals surface area contributed by atoms with E-state index in [1.54, 1.807) is 0 Å². The number of aryl methyl sites for hydroxylation is 4. The van der Waals surface area contributed by atoms with Gasteiger partial charge in [-0.2, -0.15) is 0 Å². The second-order valence-corrected chi connectivity index (χ2v) is 18.8. The number of anilines is 6. The first-order valence-corrected chi connectivity index (χ1v) is 24.1. The first-order chi connectivity index (χ1) is 34.3. The molecule has 2 aromatic heterocycles. The van der Waals surface area contributed by atoms with Gasteiger partial charge in [0.1, 0.15) is 22.3 Å². The summed E-state index contributed by atoms with van der Waals surface area (Å²) in [6.07, 6.45) is 0. The van der Waals surface area contributed by atoms with Crippen LogP contribution in [0.5, 0.6) is 0 Å². The molecule has 0 aliphatic heterocycles. The number of nitrogens with zero attached hydrogens (tertiary/aromatic N) is 2. The van der Waals surface area contributed by atoms with E-state index in [-0.39, 0.29) is 0 Å². The third-order valence-electron chi connectivity index (χ3n) is 14.2. The van der Waals surface area contributed by atoms with E-state index >= 15 is 0 Å². The van der Waals surface area contributed by atoms with Gasteiger partial charge in [-0.05, 0) is 179 Å². The predicted molar refractivity (Wildman–Crippen MR) is 295 cm³/mol. The Bertz CT molecular complexity index is 4140. The van der Waals surface area contributed by atoms with Crippen molar-refractivity contribution in [2.45, 2.75) is 27.7 Å². The zero-order valence-corrected chi connectivity index (χ0v) is 39.5. The van der Waals surface area contributed by atoms with Crippen LogP contribution in [0.4, 0.5) is 34.1 Å². The van der Waals surface area contributed by atoms with Gasteiger partial charge >= 0.3 is 0 Å². The SMILES string of the molecule is Cc1cccc(C)c1N(c1cccc(-c2ccccc2)c1)c1ccc2cc3c(cc2c1)oc1c3ccc2oc3cc4cc(N(c5cccc(-c6ccccc6)c5)c5c(C)cccc5C)ccc4cc3c21. The molecule has 4 nitrogen and oxygen atoms in total. The molecule has 334 valence electrons. The van der Waals surface area contributed by atoms with Gasteiger partial charge < -0.3 is 18.6 Å². The Labute approximate surface area is 406 Å². The summed E-state index contributed by atoms with van der Waals surface area (Å²) < 4.78 is 13.7. The van der Waals surface area contributed by atoms with Gasteiger partial charge in [0.05, 0.1) is 16.8 Å². The highest BCUT2D eigenvalue weighted by Gasteiger charge is 2.22. The molecule has 13 aromatic rings. The van der Waals surface area contributed by atoms with Crippen LogP contribution in [0, 0.1) is 27.7 Å². The van der Waals surface area contributed by atoms with Crippen LogP contribution in [0.3, 0.4) is 0 Å². The minimum absolute atomic E-state index is 0.806. The Balaban J connectivity index is 0.926. The maximum atomic E-state index is 6.96. The summed E-state index contributed by atoms with van der Waals surface area (Å²) >= 11 is 0. The molecular formula is C66H48N2O2. The molecule has 0 spiro atoms. The third-order valence-corrected chi connectivity index (χ3v) is 14.2. The lowest BCUT2D eigenvalue weighted by Crippen LogP contribution is -2.13. The first-order valence-electron chi connectivity index (χ1n) is 24.1. The lowest BCUT2D eigenvalue weighted by atomic mass is 10.0. The largest absolute Gasteiger partial charge is 0.456 e. The zero-order valence-electron chi connectivity index (χ0n) is 39.5. The van der Waals surface area contributed by atoms with Crippen molar-refractivity contribution in [3.05, 3.63) is 241 Å². The van der Waals surface area contributed by atoms with Gasteiger partial charge in [0.15, 0.2) is 0 Å². The second-order valence-electron chi connectivity index (χ2n) is 18.8. The standard InChI is InChI=1S/C66H48N2O2/c1-41-15-11-16-42(2)64(41)67(53-25-13-23-47(33-53)45-19-7-5-8-20-45)55-29-27-49-37-58-57-31-32-60-63(66(57)70-61(58)39-51(49)35-55)59-38-50-28-30-56(36-52(50)40-62(59)69-60)68(65-43(3)17-12-18-44(65)4)54-26-14-24-48(34-54)46-21-9-6-10-22-46/h5-40H,1-4H3. The van der Waals surface area contributed by atoms with Gasteiger partial charge in [0.25, 0.3) is 0 Å². The molecule has 0 aliphatic rings. The van der Waals surface area contributed by atoms with Gasteiger partial charge in [-0.15, -0.1) is 0 Å². The van der Waals surface area contributed by atoms with Gasteiger partial charge in [0, 0.05) is 38.9 Å². The molecule has 0 saturated carbocycles. The fraction of sp³-hybridized carbons (Fsp3) is 0.0606. The number of furan rings is 2. The zero-order chi connectivity index (χ0) is 47.0.